The van der Waals surface area contributed by atoms with Gasteiger partial charge in [-0.05, 0) is 22.3 Å². The van der Waals surface area contributed by atoms with Gasteiger partial charge in [-0.1, -0.05) is 84.9 Å². The van der Waals surface area contributed by atoms with Crippen molar-refractivity contribution in [3.8, 4) is 0 Å². The Hall–Kier alpha value is -2.43. The molecule has 0 amide bonds. The third kappa shape index (κ3) is 1.85. The summed E-state index contributed by atoms with van der Waals surface area (Å²) >= 11 is 0. The molecule has 4 heteroatoms. The fraction of sp³-hybridized carbons (Fsp3) is 0.250. The van der Waals surface area contributed by atoms with E-state index in [9.17, 15) is 8.42 Å². The molecule has 0 aliphatic carbocycles. The van der Waals surface area contributed by atoms with Gasteiger partial charge in [-0.3, -0.25) is 0 Å². The van der Waals surface area contributed by atoms with Gasteiger partial charge < -0.3 is 4.74 Å². The Morgan fingerprint density at radius 2 is 1.04 bits per heavy atom. The lowest BCUT2D eigenvalue weighted by molar-refractivity contribution is -0.0557. The zero-order chi connectivity index (χ0) is 19.0. The Balaban J connectivity index is 1.72. The summed E-state index contributed by atoms with van der Waals surface area (Å²) in [5.41, 5.74) is 2.88. The van der Waals surface area contributed by atoms with E-state index in [0.29, 0.717) is 0 Å². The highest BCUT2D eigenvalue weighted by Crippen LogP contribution is 2.70. The molecule has 3 aliphatic rings. The van der Waals surface area contributed by atoms with Crippen LogP contribution in [0.25, 0.3) is 0 Å². The Bertz CT molecular complexity index is 1090. The van der Waals surface area contributed by atoms with E-state index >= 15 is 0 Å². The monoisotopic (exact) mass is 388 g/mol. The molecule has 2 bridgehead atoms. The van der Waals surface area contributed by atoms with E-state index in [1.165, 1.54) is 0 Å². The first-order chi connectivity index (χ1) is 13.6. The van der Waals surface area contributed by atoms with Gasteiger partial charge in [-0.15, -0.1) is 0 Å². The van der Waals surface area contributed by atoms with E-state index < -0.39 is 21.0 Å². The normalized spacial score (nSPS) is 34.1. The van der Waals surface area contributed by atoms with Gasteiger partial charge >= 0.3 is 0 Å². The lowest BCUT2D eigenvalue weighted by Gasteiger charge is -2.36. The van der Waals surface area contributed by atoms with Crippen LogP contribution in [0.5, 0.6) is 0 Å². The van der Waals surface area contributed by atoms with Gasteiger partial charge in [0.1, 0.15) is 11.2 Å². The minimum atomic E-state index is -3.12. The zero-order valence-electron chi connectivity index (χ0n) is 15.3. The summed E-state index contributed by atoms with van der Waals surface area (Å²) < 4.78 is 32.7. The summed E-state index contributed by atoms with van der Waals surface area (Å²) in [7, 11) is -3.12. The largest absolute Gasteiger partial charge is 0.349 e. The quantitative estimate of drug-likeness (QED) is 0.669. The number of ether oxygens (including phenoxy) is 1. The van der Waals surface area contributed by atoms with E-state index in [4.69, 9.17) is 4.74 Å². The molecule has 140 valence electrons. The summed E-state index contributed by atoms with van der Waals surface area (Å²) in [5.74, 6) is 0.176. The number of fused-ring (bicyclic) bond motifs is 8. The van der Waals surface area contributed by atoms with Crippen LogP contribution in [0.15, 0.2) is 84.9 Å². The minimum absolute atomic E-state index is 0.0880. The smallest absolute Gasteiger partial charge is 0.151 e. The van der Waals surface area contributed by atoms with E-state index in [2.05, 4.69) is 36.4 Å². The van der Waals surface area contributed by atoms with E-state index in [-0.39, 0.29) is 23.3 Å². The molecule has 0 radical (unpaired) electrons. The van der Waals surface area contributed by atoms with Crippen molar-refractivity contribution in [1.82, 2.24) is 0 Å². The average Bonchev–Trinajstić information content (AvgIpc) is 3.32. The van der Waals surface area contributed by atoms with Crippen LogP contribution < -0.4 is 0 Å². The summed E-state index contributed by atoms with van der Waals surface area (Å²) in [4.78, 5) is 0. The molecule has 2 fully saturated rings. The Morgan fingerprint density at radius 1 is 0.643 bits per heavy atom. The van der Waals surface area contributed by atoms with Crippen LogP contribution in [-0.2, 0) is 25.8 Å². The number of sulfone groups is 1. The van der Waals surface area contributed by atoms with Gasteiger partial charge in [-0.25, -0.2) is 8.42 Å². The molecule has 3 heterocycles. The molecule has 4 atom stereocenters. The summed E-state index contributed by atoms with van der Waals surface area (Å²) in [6.45, 7) is 0. The van der Waals surface area contributed by atoms with Crippen molar-refractivity contribution >= 4 is 9.84 Å². The highest BCUT2D eigenvalue weighted by Gasteiger charge is 2.73. The van der Waals surface area contributed by atoms with Crippen molar-refractivity contribution in [2.75, 3.05) is 11.5 Å². The summed E-state index contributed by atoms with van der Waals surface area (Å²) in [5, 5.41) is 0. The third-order valence-corrected chi connectivity index (χ3v) is 8.59. The lowest BCUT2D eigenvalue weighted by atomic mass is 9.61. The molecule has 3 nitrogen and oxygen atoms in total. The molecule has 6 rings (SSSR count). The van der Waals surface area contributed by atoms with Gasteiger partial charge in [0.2, 0.25) is 0 Å². The van der Waals surface area contributed by atoms with Crippen LogP contribution in [0.4, 0.5) is 0 Å². The molecule has 28 heavy (non-hydrogen) atoms. The van der Waals surface area contributed by atoms with E-state index in [1.54, 1.807) is 0 Å². The van der Waals surface area contributed by atoms with Gasteiger partial charge in [0.25, 0.3) is 0 Å². The SMILES string of the molecule is O=S1(=O)C[C@H]2[C@H](C1)[C@@]1(c3ccccc3)O[C@]2(c2ccccc2)c2ccccc21. The number of benzene rings is 3. The fourth-order valence-electron chi connectivity index (χ4n) is 5.92. The van der Waals surface area contributed by atoms with Gasteiger partial charge in [0.05, 0.1) is 11.5 Å². The molecular weight excluding hydrogens is 368 g/mol. The fourth-order valence-corrected chi connectivity index (χ4v) is 8.09. The second kappa shape index (κ2) is 5.34. The molecule has 2 saturated heterocycles. The number of hydrogen-bond donors (Lipinski definition) is 0. The molecule has 0 N–H and O–H groups in total. The Morgan fingerprint density at radius 3 is 1.46 bits per heavy atom. The van der Waals surface area contributed by atoms with Crippen LogP contribution >= 0.6 is 0 Å². The van der Waals surface area contributed by atoms with Crippen molar-refractivity contribution < 1.29 is 13.2 Å². The second-order valence-corrected chi connectivity index (χ2v) is 10.3. The average molecular weight is 388 g/mol. The number of rotatable bonds is 2. The second-order valence-electron chi connectivity index (χ2n) is 8.14. The lowest BCUT2D eigenvalue weighted by Crippen LogP contribution is -2.39. The molecule has 3 aromatic rings. The van der Waals surface area contributed by atoms with Crippen molar-refractivity contribution in [3.05, 3.63) is 107 Å². The van der Waals surface area contributed by atoms with E-state index in [1.807, 2.05) is 48.5 Å². The van der Waals surface area contributed by atoms with Crippen LogP contribution in [0.2, 0.25) is 0 Å². The maximum atomic E-state index is 12.8. The standard InChI is InChI=1S/C24H20O3S/c25-28(26)15-21-22(16-28)24(18-11-5-2-6-12-18)20-14-8-7-13-19(20)23(21,27-24)17-9-3-1-4-10-17/h1-14,21-22H,15-16H2/t21-,22-,23-,24+/m0/s1. The summed E-state index contributed by atoms with van der Waals surface area (Å²) in [6, 6.07) is 28.6. The van der Waals surface area contributed by atoms with Gasteiger partial charge in [0, 0.05) is 11.8 Å². The van der Waals surface area contributed by atoms with Crippen LogP contribution in [0.3, 0.4) is 0 Å². The molecule has 0 unspecified atom stereocenters. The molecule has 3 aromatic carbocycles. The first kappa shape index (κ1) is 16.5. The zero-order valence-corrected chi connectivity index (χ0v) is 16.1. The molecule has 0 aromatic heterocycles. The first-order valence-corrected chi connectivity index (χ1v) is 11.5. The molecule has 0 saturated carbocycles. The molecular formula is C24H20O3S. The van der Waals surface area contributed by atoms with Crippen molar-refractivity contribution in [1.29, 1.82) is 0 Å². The van der Waals surface area contributed by atoms with Crippen LogP contribution in [-0.4, -0.2) is 19.9 Å². The van der Waals surface area contributed by atoms with E-state index in [0.717, 1.165) is 22.3 Å². The first-order valence-electron chi connectivity index (χ1n) is 9.69. The predicted octanol–water partition coefficient (Wildman–Crippen LogP) is 3.88. The van der Waals surface area contributed by atoms with Gasteiger partial charge in [0.15, 0.2) is 9.84 Å². The highest BCUT2D eigenvalue weighted by molar-refractivity contribution is 7.91. The van der Waals surface area contributed by atoms with Crippen molar-refractivity contribution in [2.45, 2.75) is 11.2 Å². The van der Waals surface area contributed by atoms with Crippen LogP contribution in [0.1, 0.15) is 22.3 Å². The predicted molar refractivity (Wildman–Crippen MR) is 108 cm³/mol. The maximum Gasteiger partial charge on any atom is 0.151 e. The van der Waals surface area contributed by atoms with Crippen LogP contribution in [0, 0.1) is 11.8 Å². The number of hydrogen-bond acceptors (Lipinski definition) is 3. The summed E-state index contributed by atoms with van der Waals surface area (Å²) in [6.07, 6.45) is 0. The molecule has 3 aliphatic heterocycles. The maximum absolute atomic E-state index is 12.8. The topological polar surface area (TPSA) is 43.4 Å². The Kier molecular flexibility index (Phi) is 3.15. The third-order valence-electron chi connectivity index (χ3n) is 6.85. The minimum Gasteiger partial charge on any atom is -0.349 e. The Labute approximate surface area is 164 Å². The van der Waals surface area contributed by atoms with Gasteiger partial charge in [-0.2, -0.15) is 0 Å². The highest BCUT2D eigenvalue weighted by atomic mass is 32.2. The van der Waals surface area contributed by atoms with Crippen molar-refractivity contribution in [3.63, 3.8) is 0 Å². The van der Waals surface area contributed by atoms with Crippen molar-refractivity contribution in [2.24, 2.45) is 11.8 Å². The molecule has 0 spiro atoms.